The molecule has 102 valence electrons. The molecule has 0 aliphatic heterocycles. The van der Waals surface area contributed by atoms with Crippen LogP contribution < -0.4 is 5.32 Å². The van der Waals surface area contributed by atoms with Crippen molar-refractivity contribution in [2.45, 2.75) is 63.1 Å². The fourth-order valence-electron chi connectivity index (χ4n) is 2.14. The number of benzene rings is 1. The third-order valence-corrected chi connectivity index (χ3v) is 4.26. The predicted molar refractivity (Wildman–Crippen MR) is 83.6 cm³/mol. The molecule has 1 aromatic rings. The van der Waals surface area contributed by atoms with Crippen molar-refractivity contribution in [1.29, 1.82) is 0 Å². The van der Waals surface area contributed by atoms with Crippen molar-refractivity contribution in [2.24, 2.45) is 0 Å². The van der Waals surface area contributed by atoms with Gasteiger partial charge >= 0.3 is 0 Å². The second kappa shape index (κ2) is 7.85. The number of hydrogen-bond donors (Lipinski definition) is 1. The first kappa shape index (κ1) is 15.6. The molecule has 0 saturated heterocycles. The molecule has 0 fully saturated rings. The van der Waals surface area contributed by atoms with Crippen molar-refractivity contribution < 1.29 is 0 Å². The predicted octanol–water partition coefficient (Wildman–Crippen LogP) is 4.68. The van der Waals surface area contributed by atoms with Crippen molar-refractivity contribution in [3.63, 3.8) is 0 Å². The summed E-state index contributed by atoms with van der Waals surface area (Å²) in [6.07, 6.45) is 1.21. The summed E-state index contributed by atoms with van der Waals surface area (Å²) in [6, 6.07) is 9.64. The maximum atomic E-state index is 3.47. The Morgan fingerprint density at radius 3 is 2.17 bits per heavy atom. The van der Waals surface area contributed by atoms with Gasteiger partial charge in [0, 0.05) is 16.2 Å². The SMILES string of the molecule is CCNC(C)CC(C)Sc1ccc(C(C)C)cc1. The fourth-order valence-corrected chi connectivity index (χ4v) is 3.28. The maximum absolute atomic E-state index is 3.47. The van der Waals surface area contributed by atoms with Gasteiger partial charge in [0.2, 0.25) is 0 Å². The van der Waals surface area contributed by atoms with Crippen molar-refractivity contribution in [2.75, 3.05) is 6.54 Å². The largest absolute Gasteiger partial charge is 0.314 e. The molecular formula is C16H27NS. The monoisotopic (exact) mass is 265 g/mol. The Labute approximate surface area is 117 Å². The molecule has 1 N–H and O–H groups in total. The first-order valence-corrected chi connectivity index (χ1v) is 7.90. The van der Waals surface area contributed by atoms with E-state index in [4.69, 9.17) is 0 Å². The summed E-state index contributed by atoms with van der Waals surface area (Å²) in [4.78, 5) is 1.38. The first-order valence-electron chi connectivity index (χ1n) is 7.03. The van der Waals surface area contributed by atoms with E-state index in [1.807, 2.05) is 11.8 Å². The lowest BCUT2D eigenvalue weighted by Crippen LogP contribution is -2.28. The molecule has 0 heterocycles. The maximum Gasteiger partial charge on any atom is 0.00807 e. The Kier molecular flexibility index (Phi) is 6.80. The van der Waals surface area contributed by atoms with Crippen LogP contribution in [0.5, 0.6) is 0 Å². The molecular weight excluding hydrogens is 238 g/mol. The fraction of sp³-hybridized carbons (Fsp3) is 0.625. The summed E-state index contributed by atoms with van der Waals surface area (Å²) in [6.45, 7) is 12.3. The zero-order valence-corrected chi connectivity index (χ0v) is 13.2. The number of hydrogen-bond acceptors (Lipinski definition) is 2. The molecule has 2 atom stereocenters. The highest BCUT2D eigenvalue weighted by molar-refractivity contribution is 7.99. The van der Waals surface area contributed by atoms with Gasteiger partial charge in [0.1, 0.15) is 0 Å². The molecule has 0 aliphatic rings. The van der Waals surface area contributed by atoms with Crippen molar-refractivity contribution in [3.8, 4) is 0 Å². The van der Waals surface area contributed by atoms with E-state index >= 15 is 0 Å². The molecule has 0 saturated carbocycles. The van der Waals surface area contributed by atoms with Crippen LogP contribution >= 0.6 is 11.8 Å². The molecule has 1 aromatic carbocycles. The number of rotatable bonds is 7. The Balaban J connectivity index is 2.46. The van der Waals surface area contributed by atoms with Crippen LogP contribution in [0.2, 0.25) is 0 Å². The molecule has 1 rings (SSSR count). The van der Waals surface area contributed by atoms with Gasteiger partial charge in [-0.25, -0.2) is 0 Å². The van der Waals surface area contributed by atoms with E-state index in [1.165, 1.54) is 16.9 Å². The van der Waals surface area contributed by atoms with Gasteiger partial charge in [-0.05, 0) is 43.5 Å². The summed E-state index contributed by atoms with van der Waals surface area (Å²) in [5.74, 6) is 0.621. The van der Waals surface area contributed by atoms with Crippen LogP contribution in [0.1, 0.15) is 52.5 Å². The molecule has 2 unspecified atom stereocenters. The van der Waals surface area contributed by atoms with Gasteiger partial charge in [0.25, 0.3) is 0 Å². The Hall–Kier alpha value is -0.470. The average molecular weight is 265 g/mol. The van der Waals surface area contributed by atoms with Gasteiger partial charge in [0.15, 0.2) is 0 Å². The van der Waals surface area contributed by atoms with E-state index in [2.05, 4.69) is 64.2 Å². The van der Waals surface area contributed by atoms with Crippen LogP contribution in [0, 0.1) is 0 Å². The van der Waals surface area contributed by atoms with Crippen molar-refractivity contribution in [3.05, 3.63) is 29.8 Å². The summed E-state index contributed by atoms with van der Waals surface area (Å²) in [7, 11) is 0. The lowest BCUT2D eigenvalue weighted by Gasteiger charge is -2.17. The Bertz CT molecular complexity index is 331. The Morgan fingerprint density at radius 1 is 1.06 bits per heavy atom. The third-order valence-electron chi connectivity index (χ3n) is 3.12. The first-order chi connectivity index (χ1) is 8.52. The van der Waals surface area contributed by atoms with E-state index < -0.39 is 0 Å². The molecule has 0 radical (unpaired) electrons. The van der Waals surface area contributed by atoms with Gasteiger partial charge < -0.3 is 5.32 Å². The smallest absolute Gasteiger partial charge is 0.00807 e. The highest BCUT2D eigenvalue weighted by Crippen LogP contribution is 2.27. The quantitative estimate of drug-likeness (QED) is 0.718. The second-order valence-electron chi connectivity index (χ2n) is 5.35. The molecule has 0 bridgehead atoms. The second-order valence-corrected chi connectivity index (χ2v) is 6.86. The lowest BCUT2D eigenvalue weighted by atomic mass is 10.0. The molecule has 0 spiro atoms. The van der Waals surface area contributed by atoms with Gasteiger partial charge in [0.05, 0.1) is 0 Å². The molecule has 18 heavy (non-hydrogen) atoms. The summed E-state index contributed by atoms with van der Waals surface area (Å²) in [5, 5.41) is 4.13. The van der Waals surface area contributed by atoms with Crippen LogP contribution in [0.3, 0.4) is 0 Å². The molecule has 0 aromatic heterocycles. The minimum absolute atomic E-state index is 0.604. The van der Waals surface area contributed by atoms with Crippen LogP contribution in [-0.2, 0) is 0 Å². The minimum Gasteiger partial charge on any atom is -0.314 e. The summed E-state index contributed by atoms with van der Waals surface area (Å²) < 4.78 is 0. The van der Waals surface area contributed by atoms with Crippen LogP contribution in [0.25, 0.3) is 0 Å². The van der Waals surface area contributed by atoms with Crippen molar-refractivity contribution >= 4 is 11.8 Å². The van der Waals surface area contributed by atoms with Gasteiger partial charge in [-0.1, -0.05) is 39.8 Å². The third kappa shape index (κ3) is 5.45. The van der Waals surface area contributed by atoms with E-state index in [0.717, 1.165) is 6.54 Å². The Morgan fingerprint density at radius 2 is 1.67 bits per heavy atom. The highest BCUT2D eigenvalue weighted by atomic mass is 32.2. The van der Waals surface area contributed by atoms with Crippen molar-refractivity contribution in [1.82, 2.24) is 5.32 Å². The average Bonchev–Trinajstić information content (AvgIpc) is 2.29. The normalized spacial score (nSPS) is 14.8. The van der Waals surface area contributed by atoms with Crippen LogP contribution in [-0.4, -0.2) is 17.8 Å². The zero-order chi connectivity index (χ0) is 13.5. The molecule has 0 amide bonds. The summed E-state index contributed by atoms with van der Waals surface area (Å²) in [5.41, 5.74) is 1.42. The van der Waals surface area contributed by atoms with E-state index in [9.17, 15) is 0 Å². The van der Waals surface area contributed by atoms with Gasteiger partial charge in [-0.15, -0.1) is 11.8 Å². The zero-order valence-electron chi connectivity index (χ0n) is 12.4. The number of nitrogens with one attached hydrogen (secondary N) is 1. The molecule has 2 heteroatoms. The minimum atomic E-state index is 0.604. The van der Waals surface area contributed by atoms with E-state index in [-0.39, 0.29) is 0 Å². The topological polar surface area (TPSA) is 12.0 Å². The molecule has 1 nitrogen and oxygen atoms in total. The molecule has 0 aliphatic carbocycles. The highest BCUT2D eigenvalue weighted by Gasteiger charge is 2.09. The summed E-state index contributed by atoms with van der Waals surface area (Å²) >= 11 is 1.98. The standard InChI is InChI=1S/C16H27NS/c1-6-17-13(4)11-14(5)18-16-9-7-15(8-10-16)12(2)3/h7-10,12-14,17H,6,11H2,1-5H3. The van der Waals surface area contributed by atoms with E-state index in [0.29, 0.717) is 17.2 Å². The number of thioether (sulfide) groups is 1. The van der Waals surface area contributed by atoms with Gasteiger partial charge in [-0.2, -0.15) is 0 Å². The van der Waals surface area contributed by atoms with Crippen LogP contribution in [0.15, 0.2) is 29.2 Å². The van der Waals surface area contributed by atoms with Gasteiger partial charge in [-0.3, -0.25) is 0 Å². The van der Waals surface area contributed by atoms with E-state index in [1.54, 1.807) is 0 Å². The lowest BCUT2D eigenvalue weighted by molar-refractivity contribution is 0.530. The van der Waals surface area contributed by atoms with Crippen LogP contribution in [0.4, 0.5) is 0 Å².